The Morgan fingerprint density at radius 1 is 1.38 bits per heavy atom. The molecule has 0 spiro atoms. The molecule has 0 radical (unpaired) electrons. The number of hydrogen-bond donors (Lipinski definition) is 2. The van der Waals surface area contributed by atoms with Gasteiger partial charge < -0.3 is 24.7 Å². The molecule has 118 valence electrons. The van der Waals surface area contributed by atoms with Crippen molar-refractivity contribution >= 4 is 11.9 Å². The monoisotopic (exact) mass is 297 g/mol. The number of aromatic nitrogens is 2. The van der Waals surface area contributed by atoms with Crippen LogP contribution in [0.3, 0.4) is 0 Å². The minimum atomic E-state index is -0.445. The van der Waals surface area contributed by atoms with Gasteiger partial charge in [0, 0.05) is 12.6 Å². The molecule has 2 atom stereocenters. The first-order valence-electron chi connectivity index (χ1n) is 7.18. The number of anilines is 1. The van der Waals surface area contributed by atoms with E-state index in [1.165, 1.54) is 0 Å². The molecule has 8 nitrogen and oxygen atoms in total. The zero-order valence-corrected chi connectivity index (χ0v) is 12.9. The van der Waals surface area contributed by atoms with E-state index in [-0.39, 0.29) is 18.0 Å². The van der Waals surface area contributed by atoms with E-state index in [1.807, 2.05) is 27.8 Å². The lowest BCUT2D eigenvalue weighted by Crippen LogP contribution is -2.55. The third-order valence-corrected chi connectivity index (χ3v) is 3.34. The standard InChI is InChI=1S/C13H23N5O3/c1-8(2)15-11(19)10-7-20-6-5-18(10)13-17-16-12(21-13)9(3)14-4/h8-10,14H,5-7H2,1-4H3,(H,15,19). The van der Waals surface area contributed by atoms with Crippen LogP contribution in [0, 0.1) is 0 Å². The Kier molecular flexibility index (Phi) is 5.13. The molecule has 1 aliphatic heterocycles. The second-order valence-corrected chi connectivity index (χ2v) is 5.38. The lowest BCUT2D eigenvalue weighted by Gasteiger charge is -2.33. The smallest absolute Gasteiger partial charge is 0.319 e. The van der Waals surface area contributed by atoms with Crippen molar-refractivity contribution in [3.63, 3.8) is 0 Å². The van der Waals surface area contributed by atoms with Gasteiger partial charge in [-0.05, 0) is 27.8 Å². The van der Waals surface area contributed by atoms with E-state index in [0.717, 1.165) is 0 Å². The maximum absolute atomic E-state index is 12.3. The van der Waals surface area contributed by atoms with E-state index in [4.69, 9.17) is 9.15 Å². The van der Waals surface area contributed by atoms with Crippen molar-refractivity contribution in [2.75, 3.05) is 31.7 Å². The first kappa shape index (κ1) is 15.7. The molecule has 0 saturated carbocycles. The van der Waals surface area contributed by atoms with Crippen LogP contribution in [0.1, 0.15) is 32.7 Å². The van der Waals surface area contributed by atoms with Crippen LogP contribution in [-0.2, 0) is 9.53 Å². The van der Waals surface area contributed by atoms with E-state index in [1.54, 1.807) is 4.90 Å². The number of amides is 1. The van der Waals surface area contributed by atoms with Crippen LogP contribution in [0.4, 0.5) is 6.01 Å². The van der Waals surface area contributed by atoms with Crippen LogP contribution < -0.4 is 15.5 Å². The van der Waals surface area contributed by atoms with Crippen LogP contribution in [0.15, 0.2) is 4.42 Å². The SMILES string of the molecule is CNC(C)c1nnc(N2CCOCC2C(=O)NC(C)C)o1. The maximum Gasteiger partial charge on any atom is 0.319 e. The molecule has 1 aromatic heterocycles. The highest BCUT2D eigenvalue weighted by molar-refractivity contribution is 5.85. The van der Waals surface area contributed by atoms with Gasteiger partial charge >= 0.3 is 6.01 Å². The van der Waals surface area contributed by atoms with Crippen molar-refractivity contribution in [2.45, 2.75) is 38.9 Å². The lowest BCUT2D eigenvalue weighted by atomic mass is 10.2. The Hall–Kier alpha value is -1.67. The summed E-state index contributed by atoms with van der Waals surface area (Å²) >= 11 is 0. The second-order valence-electron chi connectivity index (χ2n) is 5.38. The van der Waals surface area contributed by atoms with E-state index in [9.17, 15) is 4.79 Å². The fourth-order valence-corrected chi connectivity index (χ4v) is 2.07. The minimum Gasteiger partial charge on any atom is -0.406 e. The Morgan fingerprint density at radius 2 is 2.14 bits per heavy atom. The van der Waals surface area contributed by atoms with Gasteiger partial charge in [-0.15, -0.1) is 5.10 Å². The largest absolute Gasteiger partial charge is 0.406 e. The molecule has 0 aliphatic carbocycles. The van der Waals surface area contributed by atoms with Gasteiger partial charge in [-0.2, -0.15) is 0 Å². The van der Waals surface area contributed by atoms with Gasteiger partial charge in [-0.25, -0.2) is 0 Å². The Bertz CT molecular complexity index is 476. The number of carbonyl (C=O) groups excluding carboxylic acids is 1. The first-order valence-corrected chi connectivity index (χ1v) is 7.18. The number of nitrogens with zero attached hydrogens (tertiary/aromatic N) is 3. The normalized spacial score (nSPS) is 20.6. The maximum atomic E-state index is 12.3. The number of morpholine rings is 1. The zero-order chi connectivity index (χ0) is 15.4. The van der Waals surface area contributed by atoms with Crippen molar-refractivity contribution in [3.05, 3.63) is 5.89 Å². The van der Waals surface area contributed by atoms with E-state index >= 15 is 0 Å². The Labute approximate surface area is 124 Å². The fraction of sp³-hybridized carbons (Fsp3) is 0.769. The first-order chi connectivity index (χ1) is 10.0. The van der Waals surface area contributed by atoms with Crippen molar-refractivity contribution in [2.24, 2.45) is 0 Å². The third-order valence-electron chi connectivity index (χ3n) is 3.34. The fourth-order valence-electron chi connectivity index (χ4n) is 2.07. The summed E-state index contributed by atoms with van der Waals surface area (Å²) in [4.78, 5) is 14.1. The minimum absolute atomic E-state index is 0.0322. The average molecular weight is 297 g/mol. The summed E-state index contributed by atoms with van der Waals surface area (Å²) in [7, 11) is 1.82. The van der Waals surface area contributed by atoms with E-state index < -0.39 is 6.04 Å². The van der Waals surface area contributed by atoms with Crippen LogP contribution in [0.2, 0.25) is 0 Å². The number of rotatable bonds is 5. The van der Waals surface area contributed by atoms with Gasteiger partial charge in [0.1, 0.15) is 6.04 Å². The molecule has 1 saturated heterocycles. The summed E-state index contributed by atoms with van der Waals surface area (Å²) in [5.74, 6) is 0.410. The van der Waals surface area contributed by atoms with Gasteiger partial charge in [-0.3, -0.25) is 4.79 Å². The van der Waals surface area contributed by atoms with E-state index in [2.05, 4.69) is 20.8 Å². The summed E-state index contributed by atoms with van der Waals surface area (Å²) < 4.78 is 11.1. The van der Waals surface area contributed by atoms with E-state index in [0.29, 0.717) is 31.7 Å². The summed E-state index contributed by atoms with van der Waals surface area (Å²) in [6.45, 7) is 7.17. The van der Waals surface area contributed by atoms with Crippen LogP contribution in [-0.4, -0.2) is 55.0 Å². The van der Waals surface area contributed by atoms with Crippen molar-refractivity contribution in [1.82, 2.24) is 20.8 Å². The summed E-state index contributed by atoms with van der Waals surface area (Å²) in [5, 5.41) is 14.0. The molecule has 1 fully saturated rings. The van der Waals surface area contributed by atoms with Gasteiger partial charge in [0.25, 0.3) is 0 Å². The molecule has 2 N–H and O–H groups in total. The van der Waals surface area contributed by atoms with Crippen LogP contribution in [0.25, 0.3) is 0 Å². The number of carbonyl (C=O) groups is 1. The van der Waals surface area contributed by atoms with Gasteiger partial charge in [-0.1, -0.05) is 5.10 Å². The number of ether oxygens (including phenoxy) is 1. The molecule has 0 bridgehead atoms. The molecule has 1 amide bonds. The molecule has 21 heavy (non-hydrogen) atoms. The van der Waals surface area contributed by atoms with Crippen LogP contribution in [0.5, 0.6) is 0 Å². The highest BCUT2D eigenvalue weighted by atomic mass is 16.5. The number of hydrogen-bond acceptors (Lipinski definition) is 7. The van der Waals surface area contributed by atoms with Crippen LogP contribution >= 0.6 is 0 Å². The molecule has 2 rings (SSSR count). The molecular formula is C13H23N5O3. The zero-order valence-electron chi connectivity index (χ0n) is 12.9. The van der Waals surface area contributed by atoms with Gasteiger partial charge in [0.05, 0.1) is 19.3 Å². The summed E-state index contributed by atoms with van der Waals surface area (Å²) in [5.41, 5.74) is 0. The van der Waals surface area contributed by atoms with Crippen molar-refractivity contribution in [3.8, 4) is 0 Å². The Morgan fingerprint density at radius 3 is 2.81 bits per heavy atom. The molecule has 1 aromatic rings. The lowest BCUT2D eigenvalue weighted by molar-refractivity contribution is -0.125. The Balaban J connectivity index is 2.14. The van der Waals surface area contributed by atoms with Gasteiger partial charge in [0.2, 0.25) is 11.8 Å². The number of nitrogens with one attached hydrogen (secondary N) is 2. The molecule has 2 unspecified atom stereocenters. The predicted octanol–water partition coefficient (Wildman–Crippen LogP) is 0.0798. The van der Waals surface area contributed by atoms with Crippen molar-refractivity contribution < 1.29 is 13.9 Å². The molecule has 0 aromatic carbocycles. The van der Waals surface area contributed by atoms with Gasteiger partial charge in [0.15, 0.2) is 0 Å². The highest BCUT2D eigenvalue weighted by Gasteiger charge is 2.33. The topological polar surface area (TPSA) is 92.5 Å². The molecule has 1 aliphatic rings. The third kappa shape index (κ3) is 3.70. The molecule has 2 heterocycles. The summed E-state index contributed by atoms with van der Waals surface area (Å²) in [6, 6.07) is -0.0438. The predicted molar refractivity (Wildman–Crippen MR) is 77.0 cm³/mol. The molecule has 8 heteroatoms. The molecular weight excluding hydrogens is 274 g/mol. The second kappa shape index (κ2) is 6.86. The summed E-state index contributed by atoms with van der Waals surface area (Å²) in [6.07, 6.45) is 0. The van der Waals surface area contributed by atoms with Crippen molar-refractivity contribution in [1.29, 1.82) is 0 Å². The quantitative estimate of drug-likeness (QED) is 0.795. The highest BCUT2D eigenvalue weighted by Crippen LogP contribution is 2.21. The average Bonchev–Trinajstić information content (AvgIpc) is 2.95.